The number of nitrogens with zero attached hydrogens (tertiary/aromatic N) is 2. The summed E-state index contributed by atoms with van der Waals surface area (Å²) in [4.78, 5) is 46.0. The van der Waals surface area contributed by atoms with E-state index in [-0.39, 0.29) is 67.7 Å². The predicted molar refractivity (Wildman–Crippen MR) is 282 cm³/mol. The molecule has 0 radical (unpaired) electrons. The molecule has 8 fully saturated rings. The van der Waals surface area contributed by atoms with Crippen molar-refractivity contribution >= 4 is 17.7 Å². The molecule has 23 unspecified atom stereocenters. The highest BCUT2D eigenvalue weighted by Crippen LogP contribution is 2.89. The quantitative estimate of drug-likeness (QED) is 0.0868. The Hall–Kier alpha value is -3.76. The van der Waals surface area contributed by atoms with Crippen LogP contribution in [0.25, 0.3) is 0 Å². The molecule has 13 rings (SSSR count). The molecule has 2 bridgehead atoms. The zero-order valence-corrected chi connectivity index (χ0v) is 45.7. The third-order valence-corrected chi connectivity index (χ3v) is 25.5. The Labute approximate surface area is 456 Å². The van der Waals surface area contributed by atoms with Gasteiger partial charge in [0, 0.05) is 65.1 Å². The number of rotatable bonds is 11. The van der Waals surface area contributed by atoms with Gasteiger partial charge in [-0.25, -0.2) is 9.97 Å². The zero-order chi connectivity index (χ0) is 54.9. The standard InChI is InChI=1S/C59H85N7O12/c1-52(25-67)17-18-57(51(75)76)34(21-52)32-10-16-59-29-9-15-58(32,33-20-36-48(65-28-64-36)62-22-35(33)57)54(59,3)14-11-39-53(2,26-68)47(78-49-46(73)44(71)38(69)24-77-49)45(72)42(55(39,59)4)31(19-29)41-43(66-50(74)56(41)12-5-6-13-56)30(7-8-40(60)70)37-23-61-27-63-37/h10,19,23,27-28,30-31,33-35,38-47,49,62,67-73H,5-9,11-18,20-22,24-26,60H2,1-4H3,(H,61,63)(H,64,65)(H,66,74)(H,75,76). The largest absolute Gasteiger partial charge is 0.481 e. The molecule has 23 atom stereocenters. The van der Waals surface area contributed by atoms with Gasteiger partial charge in [0.1, 0.15) is 30.4 Å². The number of ether oxygens (including phenoxy) is 2. The lowest BCUT2D eigenvalue weighted by molar-refractivity contribution is -0.361. The molecule has 428 valence electrons. The van der Waals surface area contributed by atoms with E-state index in [0.29, 0.717) is 77.2 Å². The summed E-state index contributed by atoms with van der Waals surface area (Å²) in [5, 5.41) is 101. The zero-order valence-electron chi connectivity index (χ0n) is 45.7. The number of aromatic nitrogens is 4. The van der Waals surface area contributed by atoms with Crippen LogP contribution in [0.4, 0.5) is 5.82 Å². The van der Waals surface area contributed by atoms with E-state index in [1.807, 2.05) is 6.92 Å². The molecule has 1 amide bonds. The number of carboxylic acid groups (broad SMARTS) is 1. The van der Waals surface area contributed by atoms with Crippen molar-refractivity contribution in [3.05, 3.63) is 53.5 Å². The van der Waals surface area contributed by atoms with Gasteiger partial charge in [-0.15, -0.1) is 0 Å². The van der Waals surface area contributed by atoms with Crippen molar-refractivity contribution in [3.8, 4) is 0 Å². The van der Waals surface area contributed by atoms with Gasteiger partial charge in [0.15, 0.2) is 6.29 Å². The number of carboxylic acids is 1. The number of H-pyrrole nitrogens is 2. The second kappa shape index (κ2) is 18.1. The number of aliphatic hydroxyl groups is 7. The topological polar surface area (TPSA) is 322 Å². The van der Waals surface area contributed by atoms with Gasteiger partial charge in [-0.3, -0.25) is 9.59 Å². The van der Waals surface area contributed by atoms with E-state index in [4.69, 9.17) is 20.2 Å². The van der Waals surface area contributed by atoms with Gasteiger partial charge in [-0.05, 0) is 129 Å². The Morgan fingerprint density at radius 3 is 2.42 bits per heavy atom. The molecule has 0 aromatic carbocycles. The fourth-order valence-corrected chi connectivity index (χ4v) is 22.4. The maximum atomic E-state index is 15.3. The van der Waals surface area contributed by atoms with E-state index < -0.39 is 110 Å². The molecule has 2 saturated heterocycles. The lowest BCUT2D eigenvalue weighted by Crippen LogP contribution is -2.81. The van der Waals surface area contributed by atoms with Crippen molar-refractivity contribution in [2.75, 3.05) is 31.7 Å². The van der Waals surface area contributed by atoms with Crippen LogP contribution >= 0.6 is 0 Å². The van der Waals surface area contributed by atoms with Gasteiger partial charge in [0.25, 0.3) is 0 Å². The Kier molecular flexibility index (Phi) is 12.4. The average molecular weight is 1080 g/mol. The average Bonchev–Trinajstić information content (AvgIpc) is 0.970. The number of fused-ring (bicyclic) bond motifs is 5. The number of carbonyl (C=O) groups is 2. The Morgan fingerprint density at radius 2 is 1.72 bits per heavy atom. The minimum Gasteiger partial charge on any atom is -0.481 e. The molecule has 3 spiro atoms. The van der Waals surface area contributed by atoms with Crippen LogP contribution in [0.2, 0.25) is 0 Å². The highest BCUT2D eigenvalue weighted by molar-refractivity contribution is 5.86. The molecule has 3 aliphatic heterocycles. The number of carbonyl (C=O) groups excluding carboxylic acids is 1. The number of aromatic amines is 2. The first-order chi connectivity index (χ1) is 37.2. The number of anilines is 1. The fourth-order valence-electron chi connectivity index (χ4n) is 22.4. The van der Waals surface area contributed by atoms with Gasteiger partial charge < -0.3 is 76.7 Å². The first-order valence-corrected chi connectivity index (χ1v) is 29.5. The molecular formula is C59H85N7O12. The Morgan fingerprint density at radius 1 is 0.936 bits per heavy atom. The number of amides is 1. The first-order valence-electron chi connectivity index (χ1n) is 29.5. The van der Waals surface area contributed by atoms with Crippen LogP contribution in [0.3, 0.4) is 0 Å². The number of hydrogen-bond acceptors (Lipinski definition) is 15. The molecule has 8 aliphatic carbocycles. The van der Waals surface area contributed by atoms with Crippen molar-refractivity contribution in [3.63, 3.8) is 0 Å². The van der Waals surface area contributed by atoms with E-state index in [9.17, 15) is 45.6 Å². The summed E-state index contributed by atoms with van der Waals surface area (Å²) < 4.78 is 12.9. The summed E-state index contributed by atoms with van der Waals surface area (Å²) in [7, 11) is 0. The van der Waals surface area contributed by atoms with E-state index in [2.05, 4.69) is 58.5 Å². The molecule has 6 saturated carbocycles. The number of imidazole rings is 2. The third kappa shape index (κ3) is 6.57. The van der Waals surface area contributed by atoms with Crippen molar-refractivity contribution in [1.82, 2.24) is 25.3 Å². The molecule has 2 aromatic rings. The second-order valence-corrected chi connectivity index (χ2v) is 27.9. The third-order valence-electron chi connectivity index (χ3n) is 25.5. The summed E-state index contributed by atoms with van der Waals surface area (Å²) >= 11 is 0. The van der Waals surface area contributed by atoms with Crippen molar-refractivity contribution in [2.24, 2.45) is 90.5 Å². The van der Waals surface area contributed by atoms with Crippen LogP contribution in [0.15, 0.2) is 42.1 Å². The summed E-state index contributed by atoms with van der Waals surface area (Å²) in [6.07, 6.45) is 9.63. The summed E-state index contributed by atoms with van der Waals surface area (Å²) in [6, 6.07) is -0.481. The van der Waals surface area contributed by atoms with Crippen molar-refractivity contribution in [1.29, 1.82) is 0 Å². The van der Waals surface area contributed by atoms with Crippen LogP contribution in [-0.2, 0) is 25.5 Å². The minimum atomic E-state index is -1.66. The van der Waals surface area contributed by atoms with E-state index in [1.54, 1.807) is 18.9 Å². The number of hydrogen-bond donors (Lipinski definition) is 13. The smallest absolute Gasteiger partial charge is 0.310 e. The maximum absolute atomic E-state index is 15.3. The molecule has 19 nitrogen and oxygen atoms in total. The summed E-state index contributed by atoms with van der Waals surface area (Å²) in [5.74, 6) is -3.03. The van der Waals surface area contributed by atoms with E-state index >= 15 is 4.79 Å². The Balaban J connectivity index is 1.06. The number of nitrogens with two attached hydrogens (primary N) is 1. The maximum Gasteiger partial charge on any atom is 0.310 e. The molecule has 2 aromatic heterocycles. The van der Waals surface area contributed by atoms with E-state index in [0.717, 1.165) is 36.5 Å². The van der Waals surface area contributed by atoms with Gasteiger partial charge in [0.05, 0.1) is 54.6 Å². The van der Waals surface area contributed by atoms with Crippen molar-refractivity contribution < 1.29 is 59.9 Å². The number of aliphatic hydroxyl groups excluding tert-OH is 7. The van der Waals surface area contributed by atoms with Gasteiger partial charge in [0.2, 0.25) is 5.91 Å². The fraction of sp³-hybridized carbons (Fsp3) is 0.797. The SMILES string of the molecule is CC1(CO)CCC2(C(=O)O)C(C1)C1=CCC34C5=CC(C6C(C(CCC(N)O)c7cnc[nH]7)NC(=O)C67CCCC7)C6C(O)C(OC7OCC(O)C(O)C7O)C(C)(CO)C(CCC3(C)C1(CC5)C1Cc3[nH]cnc3NCC12)C64C. The second-order valence-electron chi connectivity index (χ2n) is 27.9. The highest BCUT2D eigenvalue weighted by Gasteiger charge is 2.85. The van der Waals surface area contributed by atoms with E-state index in [1.165, 1.54) is 11.1 Å². The highest BCUT2D eigenvalue weighted by atomic mass is 16.7. The number of allylic oxidation sites excluding steroid dienone is 4. The van der Waals surface area contributed by atoms with Crippen LogP contribution in [0, 0.1) is 84.7 Å². The van der Waals surface area contributed by atoms with Crippen LogP contribution in [0.1, 0.15) is 135 Å². The lowest BCUT2D eigenvalue weighted by Gasteiger charge is -2.83. The molecular weight excluding hydrogens is 999 g/mol. The monoisotopic (exact) mass is 1080 g/mol. The summed E-state index contributed by atoms with van der Waals surface area (Å²) in [5.41, 5.74) is 4.13. The van der Waals surface area contributed by atoms with Crippen LogP contribution in [-0.4, -0.2) is 148 Å². The van der Waals surface area contributed by atoms with Crippen LogP contribution in [0.5, 0.6) is 0 Å². The summed E-state index contributed by atoms with van der Waals surface area (Å²) in [6.45, 7) is 8.66. The van der Waals surface area contributed by atoms with Crippen LogP contribution < -0.4 is 16.4 Å². The van der Waals surface area contributed by atoms with Gasteiger partial charge >= 0.3 is 5.97 Å². The first kappa shape index (κ1) is 53.5. The van der Waals surface area contributed by atoms with Crippen molar-refractivity contribution in [2.45, 2.75) is 179 Å². The Bertz CT molecular complexity index is 2750. The number of aliphatic carboxylic acids is 1. The molecule has 78 heavy (non-hydrogen) atoms. The molecule has 5 heterocycles. The van der Waals surface area contributed by atoms with Gasteiger partial charge in [-0.2, -0.15) is 0 Å². The molecule has 11 aliphatic rings. The normalized spacial score (nSPS) is 49.3. The minimum absolute atomic E-state index is 0.0169. The molecule has 19 heteroatoms. The lowest BCUT2D eigenvalue weighted by atomic mass is 9.20. The number of nitrogens with one attached hydrogen (secondary N) is 4. The molecule has 14 N–H and O–H groups in total. The predicted octanol–water partition coefficient (Wildman–Crippen LogP) is 3.62. The van der Waals surface area contributed by atoms with Gasteiger partial charge in [-0.1, -0.05) is 63.8 Å².